The number of carbonyl (C=O) groups excluding carboxylic acids is 1. The molecular weight excluding hydrogens is 192 g/mol. The molecule has 1 N–H and O–H groups in total. The number of furan rings is 1. The second-order valence-corrected chi connectivity index (χ2v) is 3.34. The minimum atomic E-state index is -0.0102. The molecule has 4 nitrogen and oxygen atoms in total. The Morgan fingerprint density at radius 3 is 3.13 bits per heavy atom. The SMILES string of the molecule is C=CCNC(=O)CN(C)Cc1ccco1. The maximum Gasteiger partial charge on any atom is 0.234 e. The highest BCUT2D eigenvalue weighted by Gasteiger charge is 2.06. The third-order valence-electron chi connectivity index (χ3n) is 1.86. The van der Waals surface area contributed by atoms with Crippen molar-refractivity contribution in [2.75, 3.05) is 20.1 Å². The van der Waals surface area contributed by atoms with Crippen LogP contribution in [0, 0.1) is 0 Å². The zero-order valence-electron chi connectivity index (χ0n) is 8.90. The molecule has 0 saturated carbocycles. The predicted octanol–water partition coefficient (Wildman–Crippen LogP) is 1.01. The van der Waals surface area contributed by atoms with Crippen molar-refractivity contribution in [2.45, 2.75) is 6.54 Å². The smallest absolute Gasteiger partial charge is 0.234 e. The summed E-state index contributed by atoms with van der Waals surface area (Å²) >= 11 is 0. The van der Waals surface area contributed by atoms with Gasteiger partial charge in [-0.2, -0.15) is 0 Å². The molecule has 1 amide bonds. The second-order valence-electron chi connectivity index (χ2n) is 3.34. The van der Waals surface area contributed by atoms with Gasteiger partial charge in [0.1, 0.15) is 5.76 Å². The molecule has 15 heavy (non-hydrogen) atoms. The van der Waals surface area contributed by atoms with Gasteiger partial charge in [0.15, 0.2) is 0 Å². The number of likely N-dealkylation sites (N-methyl/N-ethyl adjacent to an activating group) is 1. The van der Waals surface area contributed by atoms with Gasteiger partial charge < -0.3 is 9.73 Å². The van der Waals surface area contributed by atoms with Gasteiger partial charge in [0.05, 0.1) is 19.4 Å². The topological polar surface area (TPSA) is 45.5 Å². The zero-order valence-corrected chi connectivity index (χ0v) is 8.90. The maximum atomic E-state index is 11.3. The first-order valence-electron chi connectivity index (χ1n) is 4.81. The molecule has 0 fully saturated rings. The lowest BCUT2D eigenvalue weighted by molar-refractivity contribution is -0.121. The van der Waals surface area contributed by atoms with Crippen LogP contribution in [0.4, 0.5) is 0 Å². The van der Waals surface area contributed by atoms with Crippen molar-refractivity contribution in [1.82, 2.24) is 10.2 Å². The number of rotatable bonds is 6. The maximum absolute atomic E-state index is 11.3. The second kappa shape index (κ2) is 6.03. The van der Waals surface area contributed by atoms with Crippen LogP contribution in [0.5, 0.6) is 0 Å². The van der Waals surface area contributed by atoms with Crippen molar-refractivity contribution in [3.63, 3.8) is 0 Å². The van der Waals surface area contributed by atoms with Crippen LogP contribution in [0.1, 0.15) is 5.76 Å². The summed E-state index contributed by atoms with van der Waals surface area (Å²) in [5, 5.41) is 2.71. The average Bonchev–Trinajstić information content (AvgIpc) is 2.67. The fourth-order valence-electron chi connectivity index (χ4n) is 1.21. The lowest BCUT2D eigenvalue weighted by Gasteiger charge is -2.14. The van der Waals surface area contributed by atoms with Gasteiger partial charge in [0.2, 0.25) is 5.91 Å². The molecule has 0 aliphatic rings. The molecule has 0 radical (unpaired) electrons. The monoisotopic (exact) mass is 208 g/mol. The van der Waals surface area contributed by atoms with E-state index >= 15 is 0 Å². The predicted molar refractivity (Wildman–Crippen MR) is 58.2 cm³/mol. The summed E-state index contributed by atoms with van der Waals surface area (Å²) in [4.78, 5) is 13.2. The van der Waals surface area contributed by atoms with Crippen molar-refractivity contribution in [2.24, 2.45) is 0 Å². The van der Waals surface area contributed by atoms with Crippen molar-refractivity contribution in [1.29, 1.82) is 0 Å². The highest BCUT2D eigenvalue weighted by atomic mass is 16.3. The van der Waals surface area contributed by atoms with Crippen LogP contribution in [0.15, 0.2) is 35.5 Å². The highest BCUT2D eigenvalue weighted by molar-refractivity contribution is 5.78. The molecule has 4 heteroatoms. The Morgan fingerprint density at radius 1 is 1.73 bits per heavy atom. The molecule has 1 rings (SSSR count). The van der Waals surface area contributed by atoms with Crippen molar-refractivity contribution < 1.29 is 9.21 Å². The standard InChI is InChI=1S/C11H16N2O2/c1-3-6-12-11(14)9-13(2)8-10-5-4-7-15-10/h3-5,7H,1,6,8-9H2,2H3,(H,12,14). The van der Waals surface area contributed by atoms with E-state index in [1.54, 1.807) is 12.3 Å². The first kappa shape index (κ1) is 11.5. The van der Waals surface area contributed by atoms with Gasteiger partial charge in [0.25, 0.3) is 0 Å². The van der Waals surface area contributed by atoms with Crippen molar-refractivity contribution >= 4 is 5.91 Å². The molecule has 1 aromatic heterocycles. The van der Waals surface area contributed by atoms with E-state index in [1.807, 2.05) is 24.1 Å². The van der Waals surface area contributed by atoms with E-state index in [0.29, 0.717) is 19.6 Å². The molecule has 0 aromatic carbocycles. The number of carbonyl (C=O) groups is 1. The Hall–Kier alpha value is -1.55. The van der Waals surface area contributed by atoms with E-state index in [0.717, 1.165) is 5.76 Å². The lowest BCUT2D eigenvalue weighted by atomic mass is 10.4. The minimum absolute atomic E-state index is 0.0102. The van der Waals surface area contributed by atoms with Crippen LogP contribution in [-0.4, -0.2) is 30.9 Å². The number of hydrogen-bond donors (Lipinski definition) is 1. The van der Waals surface area contributed by atoms with E-state index < -0.39 is 0 Å². The summed E-state index contributed by atoms with van der Waals surface area (Å²) < 4.78 is 5.18. The molecule has 0 aliphatic heterocycles. The first-order chi connectivity index (χ1) is 7.22. The Balaban J connectivity index is 2.26. The van der Waals surface area contributed by atoms with Gasteiger partial charge in [-0.3, -0.25) is 9.69 Å². The minimum Gasteiger partial charge on any atom is -0.468 e. The highest BCUT2D eigenvalue weighted by Crippen LogP contribution is 2.02. The zero-order chi connectivity index (χ0) is 11.1. The Labute approximate surface area is 89.6 Å². The largest absolute Gasteiger partial charge is 0.468 e. The van der Waals surface area contributed by atoms with Crippen LogP contribution in [0.3, 0.4) is 0 Å². The van der Waals surface area contributed by atoms with Crippen molar-refractivity contribution in [3.8, 4) is 0 Å². The summed E-state index contributed by atoms with van der Waals surface area (Å²) in [6, 6.07) is 3.72. The molecular formula is C11H16N2O2. The van der Waals surface area contributed by atoms with E-state index in [2.05, 4.69) is 11.9 Å². The van der Waals surface area contributed by atoms with Crippen LogP contribution >= 0.6 is 0 Å². The Bertz CT molecular complexity index is 306. The Morgan fingerprint density at radius 2 is 2.53 bits per heavy atom. The van der Waals surface area contributed by atoms with Crippen LogP contribution < -0.4 is 5.32 Å². The fraction of sp³-hybridized carbons (Fsp3) is 0.364. The van der Waals surface area contributed by atoms with Crippen LogP contribution in [0.2, 0.25) is 0 Å². The van der Waals surface area contributed by atoms with Gasteiger partial charge in [-0.15, -0.1) is 6.58 Å². The molecule has 0 spiro atoms. The number of hydrogen-bond acceptors (Lipinski definition) is 3. The summed E-state index contributed by atoms with van der Waals surface area (Å²) in [6.07, 6.45) is 3.28. The van der Waals surface area contributed by atoms with E-state index in [9.17, 15) is 4.79 Å². The van der Waals surface area contributed by atoms with Gasteiger partial charge in [-0.1, -0.05) is 6.08 Å². The first-order valence-corrected chi connectivity index (χ1v) is 4.81. The van der Waals surface area contributed by atoms with Crippen LogP contribution in [-0.2, 0) is 11.3 Å². The number of nitrogens with one attached hydrogen (secondary N) is 1. The number of nitrogens with zero attached hydrogens (tertiary/aromatic N) is 1. The van der Waals surface area contributed by atoms with Gasteiger partial charge in [0, 0.05) is 6.54 Å². The number of amides is 1. The fourth-order valence-corrected chi connectivity index (χ4v) is 1.21. The van der Waals surface area contributed by atoms with Gasteiger partial charge in [-0.05, 0) is 19.2 Å². The van der Waals surface area contributed by atoms with Crippen molar-refractivity contribution in [3.05, 3.63) is 36.8 Å². The van der Waals surface area contributed by atoms with Gasteiger partial charge in [-0.25, -0.2) is 0 Å². The lowest BCUT2D eigenvalue weighted by Crippen LogP contribution is -2.34. The quantitative estimate of drug-likeness (QED) is 0.710. The summed E-state index contributed by atoms with van der Waals surface area (Å²) in [5.74, 6) is 0.845. The molecule has 0 atom stereocenters. The van der Waals surface area contributed by atoms with E-state index in [1.165, 1.54) is 0 Å². The van der Waals surface area contributed by atoms with E-state index in [4.69, 9.17) is 4.42 Å². The molecule has 82 valence electrons. The molecule has 1 aromatic rings. The molecule has 0 bridgehead atoms. The Kier molecular flexibility index (Phi) is 4.63. The third-order valence-corrected chi connectivity index (χ3v) is 1.86. The molecule has 0 aliphatic carbocycles. The average molecular weight is 208 g/mol. The summed E-state index contributed by atoms with van der Waals surface area (Å²) in [7, 11) is 1.87. The molecule has 1 heterocycles. The van der Waals surface area contributed by atoms with Gasteiger partial charge >= 0.3 is 0 Å². The summed E-state index contributed by atoms with van der Waals surface area (Å²) in [5.41, 5.74) is 0. The van der Waals surface area contributed by atoms with Crippen LogP contribution in [0.25, 0.3) is 0 Å². The normalized spacial score (nSPS) is 10.3. The molecule has 0 saturated heterocycles. The van der Waals surface area contributed by atoms with E-state index in [-0.39, 0.29) is 5.91 Å². The third kappa shape index (κ3) is 4.46. The summed E-state index contributed by atoms with van der Waals surface area (Å²) in [6.45, 7) is 5.03. The molecule has 0 unspecified atom stereocenters.